The zero-order valence-corrected chi connectivity index (χ0v) is 11.6. The fourth-order valence-electron chi connectivity index (χ4n) is 1.72. The lowest BCUT2D eigenvalue weighted by Gasteiger charge is -2.20. The van der Waals surface area contributed by atoms with Crippen LogP contribution in [-0.4, -0.2) is 32.1 Å². The largest absolute Gasteiger partial charge is 0.298 e. The molecule has 0 amide bonds. The number of carbonyl (C=O) groups is 1. The average Bonchev–Trinajstić information content (AvgIpc) is 2.38. The molecule has 1 aromatic rings. The standard InChI is InChI=1S/C13H19NO3S/c1-3-9-14(10-4-2)18(16,17)13-7-5-12(11-15)6-8-13/h5-8,11H,3-4,9-10H2,1-2H3. The van der Waals surface area contributed by atoms with Crippen molar-refractivity contribution in [3.63, 3.8) is 0 Å². The number of sulfonamides is 1. The number of aldehydes is 1. The summed E-state index contributed by atoms with van der Waals surface area (Å²) in [5, 5.41) is 0. The second-order valence-electron chi connectivity index (χ2n) is 4.09. The van der Waals surface area contributed by atoms with Crippen molar-refractivity contribution < 1.29 is 13.2 Å². The molecule has 0 radical (unpaired) electrons. The number of carbonyl (C=O) groups excluding carboxylic acids is 1. The second-order valence-corrected chi connectivity index (χ2v) is 6.03. The molecule has 0 unspecified atom stereocenters. The summed E-state index contributed by atoms with van der Waals surface area (Å²) < 4.78 is 26.2. The molecule has 5 heteroatoms. The minimum absolute atomic E-state index is 0.245. The number of benzene rings is 1. The van der Waals surface area contributed by atoms with Gasteiger partial charge in [-0.3, -0.25) is 4.79 Å². The number of hydrogen-bond acceptors (Lipinski definition) is 3. The van der Waals surface area contributed by atoms with Crippen LogP contribution in [0.25, 0.3) is 0 Å². The molecule has 1 rings (SSSR count). The summed E-state index contributed by atoms with van der Waals surface area (Å²) in [5.74, 6) is 0. The Morgan fingerprint density at radius 1 is 1.06 bits per heavy atom. The number of rotatable bonds is 7. The Labute approximate surface area is 109 Å². The molecule has 0 bridgehead atoms. The summed E-state index contributed by atoms with van der Waals surface area (Å²) in [6, 6.07) is 6.01. The molecule has 100 valence electrons. The van der Waals surface area contributed by atoms with Gasteiger partial charge in [-0.05, 0) is 25.0 Å². The first-order chi connectivity index (χ1) is 8.56. The Morgan fingerprint density at radius 2 is 1.56 bits per heavy atom. The molecule has 0 aliphatic carbocycles. The first kappa shape index (κ1) is 14.9. The van der Waals surface area contributed by atoms with Gasteiger partial charge in [0.1, 0.15) is 6.29 Å². The van der Waals surface area contributed by atoms with Crippen LogP contribution in [-0.2, 0) is 10.0 Å². The van der Waals surface area contributed by atoms with E-state index in [0.717, 1.165) is 12.8 Å². The van der Waals surface area contributed by atoms with Crippen molar-refractivity contribution in [2.45, 2.75) is 31.6 Å². The van der Waals surface area contributed by atoms with E-state index in [1.807, 2.05) is 13.8 Å². The Bertz CT molecular complexity index is 473. The van der Waals surface area contributed by atoms with Crippen LogP contribution in [0.4, 0.5) is 0 Å². The summed E-state index contributed by atoms with van der Waals surface area (Å²) in [4.78, 5) is 10.8. The van der Waals surface area contributed by atoms with Crippen LogP contribution >= 0.6 is 0 Å². The monoisotopic (exact) mass is 269 g/mol. The molecule has 0 saturated heterocycles. The normalized spacial score (nSPS) is 11.7. The van der Waals surface area contributed by atoms with Crippen molar-refractivity contribution >= 4 is 16.3 Å². The minimum atomic E-state index is -3.43. The Balaban J connectivity index is 3.04. The molecule has 0 heterocycles. The van der Waals surface area contributed by atoms with E-state index >= 15 is 0 Å². The Kier molecular flexibility index (Phi) is 5.50. The molecule has 1 aromatic carbocycles. The highest BCUT2D eigenvalue weighted by Crippen LogP contribution is 2.16. The maximum Gasteiger partial charge on any atom is 0.243 e. The van der Waals surface area contributed by atoms with Crippen LogP contribution in [0, 0.1) is 0 Å². The summed E-state index contributed by atoms with van der Waals surface area (Å²) >= 11 is 0. The van der Waals surface area contributed by atoms with Crippen LogP contribution in [0.2, 0.25) is 0 Å². The molecule has 0 saturated carbocycles. The van der Waals surface area contributed by atoms with Gasteiger partial charge in [-0.15, -0.1) is 0 Å². The second kappa shape index (κ2) is 6.66. The summed E-state index contributed by atoms with van der Waals surface area (Å²) in [6.07, 6.45) is 2.27. The van der Waals surface area contributed by atoms with E-state index in [4.69, 9.17) is 0 Å². The summed E-state index contributed by atoms with van der Waals surface area (Å²) in [6.45, 7) is 4.94. The van der Waals surface area contributed by atoms with Gasteiger partial charge in [-0.2, -0.15) is 4.31 Å². The van der Waals surface area contributed by atoms with E-state index < -0.39 is 10.0 Å². The molecule has 18 heavy (non-hydrogen) atoms. The maximum atomic E-state index is 12.3. The predicted octanol–water partition coefficient (Wildman–Crippen LogP) is 2.31. The topological polar surface area (TPSA) is 54.5 Å². The van der Waals surface area contributed by atoms with Gasteiger partial charge in [0.25, 0.3) is 0 Å². The van der Waals surface area contributed by atoms with Crippen LogP contribution in [0.3, 0.4) is 0 Å². The first-order valence-corrected chi connectivity index (χ1v) is 7.55. The predicted molar refractivity (Wildman–Crippen MR) is 71.2 cm³/mol. The zero-order valence-electron chi connectivity index (χ0n) is 10.8. The lowest BCUT2D eigenvalue weighted by molar-refractivity contribution is 0.112. The fraction of sp³-hybridized carbons (Fsp3) is 0.462. The summed E-state index contributed by atoms with van der Waals surface area (Å²) in [5.41, 5.74) is 0.478. The molecular formula is C13H19NO3S. The highest BCUT2D eigenvalue weighted by Gasteiger charge is 2.22. The molecular weight excluding hydrogens is 250 g/mol. The maximum absolute atomic E-state index is 12.3. The van der Waals surface area contributed by atoms with Crippen LogP contribution in [0.1, 0.15) is 37.0 Å². The third kappa shape index (κ3) is 3.40. The van der Waals surface area contributed by atoms with E-state index in [1.54, 1.807) is 0 Å². The molecule has 0 aliphatic rings. The molecule has 4 nitrogen and oxygen atoms in total. The van der Waals surface area contributed by atoms with Gasteiger partial charge in [0.15, 0.2) is 0 Å². The lowest BCUT2D eigenvalue weighted by atomic mass is 10.2. The van der Waals surface area contributed by atoms with Gasteiger partial charge in [0, 0.05) is 18.7 Å². The average molecular weight is 269 g/mol. The number of nitrogens with zero attached hydrogens (tertiary/aromatic N) is 1. The van der Waals surface area contributed by atoms with Gasteiger partial charge in [-0.1, -0.05) is 26.0 Å². The zero-order chi connectivity index (χ0) is 13.6. The SMILES string of the molecule is CCCN(CCC)S(=O)(=O)c1ccc(C=O)cc1. The van der Waals surface area contributed by atoms with Crippen molar-refractivity contribution in [2.75, 3.05) is 13.1 Å². The smallest absolute Gasteiger partial charge is 0.243 e. The van der Waals surface area contributed by atoms with Gasteiger partial charge in [0.05, 0.1) is 4.90 Å². The first-order valence-electron chi connectivity index (χ1n) is 6.11. The van der Waals surface area contributed by atoms with E-state index in [9.17, 15) is 13.2 Å². The molecule has 0 aromatic heterocycles. The summed E-state index contributed by atoms with van der Waals surface area (Å²) in [7, 11) is -3.43. The fourth-order valence-corrected chi connectivity index (χ4v) is 3.34. The van der Waals surface area contributed by atoms with Gasteiger partial charge in [-0.25, -0.2) is 8.42 Å². The van der Waals surface area contributed by atoms with Gasteiger partial charge in [0.2, 0.25) is 10.0 Å². The van der Waals surface area contributed by atoms with E-state index in [1.165, 1.54) is 28.6 Å². The van der Waals surface area contributed by atoms with Crippen molar-refractivity contribution in [1.29, 1.82) is 0 Å². The highest BCUT2D eigenvalue weighted by atomic mass is 32.2. The van der Waals surface area contributed by atoms with Gasteiger partial charge >= 0.3 is 0 Å². The highest BCUT2D eigenvalue weighted by molar-refractivity contribution is 7.89. The quantitative estimate of drug-likeness (QED) is 0.714. The van der Waals surface area contributed by atoms with Crippen LogP contribution in [0.5, 0.6) is 0 Å². The van der Waals surface area contributed by atoms with Gasteiger partial charge < -0.3 is 0 Å². The molecule has 0 N–H and O–H groups in total. The lowest BCUT2D eigenvalue weighted by Crippen LogP contribution is -2.32. The van der Waals surface area contributed by atoms with Crippen LogP contribution < -0.4 is 0 Å². The van der Waals surface area contributed by atoms with Crippen molar-refractivity contribution in [3.8, 4) is 0 Å². The molecule has 0 aliphatic heterocycles. The van der Waals surface area contributed by atoms with Crippen LogP contribution in [0.15, 0.2) is 29.2 Å². The van der Waals surface area contributed by atoms with E-state index in [-0.39, 0.29) is 4.90 Å². The van der Waals surface area contributed by atoms with Crippen molar-refractivity contribution in [3.05, 3.63) is 29.8 Å². The number of hydrogen-bond donors (Lipinski definition) is 0. The molecule has 0 atom stereocenters. The van der Waals surface area contributed by atoms with Crippen molar-refractivity contribution in [2.24, 2.45) is 0 Å². The van der Waals surface area contributed by atoms with E-state index in [2.05, 4.69) is 0 Å². The molecule has 0 fully saturated rings. The third-order valence-electron chi connectivity index (χ3n) is 2.60. The van der Waals surface area contributed by atoms with Crippen molar-refractivity contribution in [1.82, 2.24) is 4.31 Å². The minimum Gasteiger partial charge on any atom is -0.298 e. The van der Waals surface area contributed by atoms with E-state index in [0.29, 0.717) is 24.9 Å². The third-order valence-corrected chi connectivity index (χ3v) is 4.51. The molecule has 0 spiro atoms. The Morgan fingerprint density at radius 3 is 1.94 bits per heavy atom. The Hall–Kier alpha value is -1.20.